The third kappa shape index (κ3) is 3.58. The summed E-state index contributed by atoms with van der Waals surface area (Å²) in [7, 11) is -3.01. The molecule has 1 atom stereocenters. The van der Waals surface area contributed by atoms with Gasteiger partial charge < -0.3 is 10.2 Å². The Labute approximate surface area is 153 Å². The lowest BCUT2D eigenvalue weighted by molar-refractivity contribution is 0.0941. The van der Waals surface area contributed by atoms with E-state index in [1.54, 1.807) is 12.3 Å². The van der Waals surface area contributed by atoms with Crippen molar-refractivity contribution in [2.24, 2.45) is 0 Å². The predicted octanol–water partition coefficient (Wildman–Crippen LogP) is 1.56. The van der Waals surface area contributed by atoms with E-state index in [-0.39, 0.29) is 23.5 Å². The van der Waals surface area contributed by atoms with Gasteiger partial charge in [-0.15, -0.1) is 0 Å². The minimum absolute atomic E-state index is 0.0252. The maximum absolute atomic E-state index is 12.3. The van der Waals surface area contributed by atoms with Crippen molar-refractivity contribution < 1.29 is 13.2 Å². The second kappa shape index (κ2) is 6.72. The summed E-state index contributed by atoms with van der Waals surface area (Å²) >= 11 is 0. The molecule has 6 nitrogen and oxygen atoms in total. The van der Waals surface area contributed by atoms with Crippen molar-refractivity contribution in [2.45, 2.75) is 25.4 Å². The molecule has 1 aromatic heterocycles. The molecule has 0 bridgehead atoms. The highest BCUT2D eigenvalue weighted by Gasteiger charge is 2.29. The highest BCUT2D eigenvalue weighted by Crippen LogP contribution is 2.23. The average molecular weight is 371 g/mol. The second-order valence-electron chi connectivity index (χ2n) is 6.92. The lowest BCUT2D eigenvalue weighted by atomic mass is 10.00. The third-order valence-corrected chi connectivity index (χ3v) is 6.80. The molecule has 136 valence electrons. The van der Waals surface area contributed by atoms with Crippen molar-refractivity contribution in [2.75, 3.05) is 23.0 Å². The Hall–Kier alpha value is -2.41. The number of hydrogen-bond acceptors (Lipinski definition) is 5. The topological polar surface area (TPSA) is 79.4 Å². The molecule has 1 saturated heterocycles. The summed E-state index contributed by atoms with van der Waals surface area (Å²) in [5, 5.41) is 2.79. The number of hydrogen-bond donors (Lipinski definition) is 1. The fourth-order valence-electron chi connectivity index (χ4n) is 3.58. The van der Waals surface area contributed by atoms with Crippen molar-refractivity contribution in [3.8, 4) is 0 Å². The third-order valence-electron chi connectivity index (χ3n) is 5.03. The molecule has 0 aliphatic carbocycles. The minimum Gasteiger partial charge on any atom is -0.352 e. The number of anilines is 1. The Balaban J connectivity index is 1.42. The first-order valence-corrected chi connectivity index (χ1v) is 10.6. The van der Waals surface area contributed by atoms with Crippen LogP contribution in [0.4, 0.5) is 5.82 Å². The number of benzene rings is 1. The van der Waals surface area contributed by atoms with Gasteiger partial charge in [-0.1, -0.05) is 24.3 Å². The van der Waals surface area contributed by atoms with E-state index in [4.69, 9.17) is 0 Å². The minimum atomic E-state index is -3.01. The van der Waals surface area contributed by atoms with Crippen LogP contribution >= 0.6 is 0 Å². The lowest BCUT2D eigenvalue weighted by Gasteiger charge is -2.29. The van der Waals surface area contributed by atoms with Crippen molar-refractivity contribution >= 4 is 21.6 Å². The number of nitrogens with zero attached hydrogens (tertiary/aromatic N) is 2. The van der Waals surface area contributed by atoms with E-state index in [2.05, 4.69) is 33.4 Å². The smallest absolute Gasteiger partial charge is 0.253 e. The van der Waals surface area contributed by atoms with Gasteiger partial charge in [0.2, 0.25) is 0 Å². The Kier molecular flexibility index (Phi) is 4.40. The van der Waals surface area contributed by atoms with Gasteiger partial charge >= 0.3 is 0 Å². The van der Waals surface area contributed by atoms with Gasteiger partial charge in [0.1, 0.15) is 5.82 Å². The highest BCUT2D eigenvalue weighted by molar-refractivity contribution is 7.91. The van der Waals surface area contributed by atoms with Gasteiger partial charge in [-0.25, -0.2) is 13.4 Å². The maximum atomic E-state index is 12.3. The van der Waals surface area contributed by atoms with Crippen molar-refractivity contribution in [1.29, 1.82) is 0 Å². The summed E-state index contributed by atoms with van der Waals surface area (Å²) in [4.78, 5) is 19.0. The van der Waals surface area contributed by atoms with Crippen molar-refractivity contribution in [3.05, 3.63) is 59.3 Å². The van der Waals surface area contributed by atoms with Crippen LogP contribution in [-0.2, 0) is 22.8 Å². The quantitative estimate of drug-likeness (QED) is 0.886. The van der Waals surface area contributed by atoms with E-state index < -0.39 is 9.84 Å². The summed E-state index contributed by atoms with van der Waals surface area (Å²) in [6.45, 7) is 1.71. The van der Waals surface area contributed by atoms with Crippen LogP contribution in [0.3, 0.4) is 0 Å². The van der Waals surface area contributed by atoms with Crippen LogP contribution in [0, 0.1) is 0 Å². The van der Waals surface area contributed by atoms with Gasteiger partial charge in [-0.3, -0.25) is 4.79 Å². The largest absolute Gasteiger partial charge is 0.352 e. The fourth-order valence-corrected chi connectivity index (χ4v) is 5.25. The number of rotatable bonds is 3. The Morgan fingerprint density at radius 1 is 1.15 bits per heavy atom. The average Bonchev–Trinajstić information content (AvgIpc) is 2.99. The van der Waals surface area contributed by atoms with Gasteiger partial charge in [-0.05, 0) is 36.1 Å². The molecule has 1 N–H and O–H groups in total. The first-order chi connectivity index (χ1) is 12.5. The first kappa shape index (κ1) is 17.0. The normalized spacial score (nSPS) is 21.2. The monoisotopic (exact) mass is 371 g/mol. The van der Waals surface area contributed by atoms with Crippen LogP contribution in [0.25, 0.3) is 0 Å². The van der Waals surface area contributed by atoms with Crippen LogP contribution in [0.5, 0.6) is 0 Å². The molecule has 1 amide bonds. The van der Waals surface area contributed by atoms with E-state index in [1.807, 2.05) is 12.1 Å². The summed E-state index contributed by atoms with van der Waals surface area (Å²) in [6.07, 6.45) is 3.03. The van der Waals surface area contributed by atoms with Gasteiger partial charge in [0, 0.05) is 25.3 Å². The molecule has 0 spiro atoms. The Morgan fingerprint density at radius 3 is 2.65 bits per heavy atom. The fraction of sp³-hybridized carbons (Fsp3) is 0.368. The van der Waals surface area contributed by atoms with Gasteiger partial charge in [0.25, 0.3) is 5.91 Å². The molecule has 1 aromatic carbocycles. The molecule has 4 rings (SSSR count). The molecule has 3 heterocycles. The zero-order chi connectivity index (χ0) is 18.1. The second-order valence-corrected chi connectivity index (χ2v) is 9.15. The number of aromatic nitrogens is 1. The van der Waals surface area contributed by atoms with Crippen LogP contribution in [-0.4, -0.2) is 43.4 Å². The molecule has 1 unspecified atom stereocenters. The van der Waals surface area contributed by atoms with Gasteiger partial charge in [-0.2, -0.15) is 0 Å². The van der Waals surface area contributed by atoms with E-state index in [1.165, 1.54) is 11.1 Å². The summed E-state index contributed by atoms with van der Waals surface area (Å²) < 4.78 is 23.0. The molecule has 1 fully saturated rings. The molecule has 2 aliphatic rings. The first-order valence-electron chi connectivity index (χ1n) is 8.79. The summed E-state index contributed by atoms with van der Waals surface area (Å²) in [5.74, 6) is 0.748. The number of fused-ring (bicyclic) bond motifs is 1. The standard InChI is InChI=1S/C19H21N3O3S/c23-19(21-17-8-10-26(24,25)13-17)15-5-6-18(20-11-15)22-9-7-14-3-1-2-4-16(14)12-22/h1-6,11,17H,7-10,12-13H2,(H,21,23). The van der Waals surface area contributed by atoms with Crippen LogP contribution < -0.4 is 10.2 Å². The molecular weight excluding hydrogens is 350 g/mol. The zero-order valence-electron chi connectivity index (χ0n) is 14.4. The SMILES string of the molecule is O=C(NC1CCS(=O)(=O)C1)c1ccc(N2CCc3ccccc3C2)nc1. The van der Waals surface area contributed by atoms with Crippen molar-refractivity contribution in [3.63, 3.8) is 0 Å². The summed E-state index contributed by atoms with van der Waals surface area (Å²) in [5.41, 5.74) is 3.14. The molecular formula is C19H21N3O3S. The van der Waals surface area contributed by atoms with Crippen LogP contribution in [0.1, 0.15) is 27.9 Å². The molecule has 0 saturated carbocycles. The van der Waals surface area contributed by atoms with Crippen LogP contribution in [0.15, 0.2) is 42.6 Å². The van der Waals surface area contributed by atoms with Gasteiger partial charge in [0.15, 0.2) is 9.84 Å². The van der Waals surface area contributed by atoms with E-state index in [0.717, 1.165) is 25.3 Å². The Bertz CT molecular complexity index is 925. The lowest BCUT2D eigenvalue weighted by Crippen LogP contribution is -2.35. The van der Waals surface area contributed by atoms with E-state index in [0.29, 0.717) is 12.0 Å². The number of pyridine rings is 1. The van der Waals surface area contributed by atoms with Gasteiger partial charge in [0.05, 0.1) is 17.1 Å². The number of amides is 1. The zero-order valence-corrected chi connectivity index (χ0v) is 15.2. The van der Waals surface area contributed by atoms with Crippen LogP contribution in [0.2, 0.25) is 0 Å². The number of sulfone groups is 1. The van der Waals surface area contributed by atoms with E-state index in [9.17, 15) is 13.2 Å². The van der Waals surface area contributed by atoms with Crippen molar-refractivity contribution in [1.82, 2.24) is 10.3 Å². The number of carbonyl (C=O) groups excluding carboxylic acids is 1. The molecule has 0 radical (unpaired) electrons. The summed E-state index contributed by atoms with van der Waals surface area (Å²) in [6, 6.07) is 11.7. The van der Waals surface area contributed by atoms with E-state index >= 15 is 0 Å². The number of carbonyl (C=O) groups is 1. The maximum Gasteiger partial charge on any atom is 0.253 e. The Morgan fingerprint density at radius 2 is 1.96 bits per heavy atom. The molecule has 7 heteroatoms. The number of nitrogens with one attached hydrogen (secondary N) is 1. The molecule has 26 heavy (non-hydrogen) atoms. The molecule has 2 aromatic rings. The highest BCUT2D eigenvalue weighted by atomic mass is 32.2. The molecule has 2 aliphatic heterocycles. The predicted molar refractivity (Wildman–Crippen MR) is 100.0 cm³/mol.